The second-order valence-corrected chi connectivity index (χ2v) is 4.72. The van der Waals surface area contributed by atoms with Crippen molar-refractivity contribution in [3.05, 3.63) is 65.2 Å². The third-order valence-corrected chi connectivity index (χ3v) is 2.98. The molecule has 0 aliphatic heterocycles. The van der Waals surface area contributed by atoms with E-state index in [4.69, 9.17) is 16.2 Å². The molecule has 0 fully saturated rings. The van der Waals surface area contributed by atoms with Crippen molar-refractivity contribution in [2.75, 3.05) is 5.32 Å². The third-order valence-electron chi connectivity index (χ3n) is 2.98. The van der Waals surface area contributed by atoms with E-state index in [0.717, 1.165) is 0 Å². The van der Waals surface area contributed by atoms with Gasteiger partial charge >= 0.3 is 5.97 Å². The summed E-state index contributed by atoms with van der Waals surface area (Å²) in [5.41, 5.74) is 7.35. The molecule has 22 heavy (non-hydrogen) atoms. The van der Waals surface area contributed by atoms with E-state index < -0.39 is 5.97 Å². The number of amidine groups is 1. The van der Waals surface area contributed by atoms with Crippen molar-refractivity contribution in [3.63, 3.8) is 0 Å². The molecule has 0 aliphatic carbocycles. The van der Waals surface area contributed by atoms with Crippen LogP contribution in [0, 0.1) is 5.41 Å². The predicted octanol–water partition coefficient (Wildman–Crippen LogP) is 1.85. The first-order valence-corrected chi connectivity index (χ1v) is 6.52. The lowest BCUT2D eigenvalue weighted by Gasteiger charge is -2.08. The molecule has 0 saturated carbocycles. The molecule has 0 unspecified atom stereocenters. The number of hydrogen-bond acceptors (Lipinski definition) is 3. The normalized spacial score (nSPS) is 10.0. The molecule has 1 amide bonds. The highest BCUT2D eigenvalue weighted by molar-refractivity contribution is 6.06. The summed E-state index contributed by atoms with van der Waals surface area (Å²) in [4.78, 5) is 22.9. The topological polar surface area (TPSA) is 116 Å². The summed E-state index contributed by atoms with van der Waals surface area (Å²) in [5, 5.41) is 18.9. The minimum Gasteiger partial charge on any atom is -0.481 e. The van der Waals surface area contributed by atoms with Crippen LogP contribution in [-0.4, -0.2) is 22.8 Å². The quantitative estimate of drug-likeness (QED) is 0.497. The summed E-state index contributed by atoms with van der Waals surface area (Å²) in [5.74, 6) is -1.40. The van der Waals surface area contributed by atoms with E-state index >= 15 is 0 Å². The van der Waals surface area contributed by atoms with Gasteiger partial charge in [0.1, 0.15) is 5.84 Å². The Balaban J connectivity index is 2.16. The Hall–Kier alpha value is -3.15. The summed E-state index contributed by atoms with van der Waals surface area (Å²) < 4.78 is 0. The predicted molar refractivity (Wildman–Crippen MR) is 83.2 cm³/mol. The maximum absolute atomic E-state index is 12.2. The molecular weight excluding hydrogens is 282 g/mol. The smallest absolute Gasteiger partial charge is 0.307 e. The van der Waals surface area contributed by atoms with Crippen LogP contribution >= 0.6 is 0 Å². The van der Waals surface area contributed by atoms with E-state index in [0.29, 0.717) is 22.4 Å². The second-order valence-electron chi connectivity index (χ2n) is 4.72. The van der Waals surface area contributed by atoms with Crippen molar-refractivity contribution in [1.82, 2.24) is 0 Å². The maximum Gasteiger partial charge on any atom is 0.307 e. The van der Waals surface area contributed by atoms with Gasteiger partial charge in [-0.2, -0.15) is 0 Å². The van der Waals surface area contributed by atoms with Crippen LogP contribution in [0.2, 0.25) is 0 Å². The average Bonchev–Trinajstić information content (AvgIpc) is 2.47. The number of rotatable bonds is 5. The summed E-state index contributed by atoms with van der Waals surface area (Å²) >= 11 is 0. The van der Waals surface area contributed by atoms with Gasteiger partial charge in [0.05, 0.1) is 6.42 Å². The van der Waals surface area contributed by atoms with E-state index in [-0.39, 0.29) is 18.2 Å². The number of nitrogens with two attached hydrogens (primary N) is 1. The molecule has 0 aliphatic rings. The Kier molecular flexibility index (Phi) is 4.53. The van der Waals surface area contributed by atoms with Gasteiger partial charge in [0.2, 0.25) is 0 Å². The summed E-state index contributed by atoms with van der Waals surface area (Å²) in [6, 6.07) is 13.1. The highest BCUT2D eigenvalue weighted by Gasteiger charge is 2.09. The first kappa shape index (κ1) is 15.2. The number of carbonyl (C=O) groups is 2. The molecule has 0 atom stereocenters. The van der Waals surface area contributed by atoms with Crippen molar-refractivity contribution in [2.24, 2.45) is 5.73 Å². The van der Waals surface area contributed by atoms with E-state index in [1.807, 2.05) is 0 Å². The Morgan fingerprint density at radius 1 is 1.09 bits per heavy atom. The SMILES string of the molecule is N=C(N)c1cccc(C(=O)Nc2cccc(CC(=O)O)c2)c1. The van der Waals surface area contributed by atoms with Crippen molar-refractivity contribution in [1.29, 1.82) is 5.41 Å². The van der Waals surface area contributed by atoms with Gasteiger partial charge in [0.15, 0.2) is 0 Å². The van der Waals surface area contributed by atoms with Gasteiger partial charge in [-0.3, -0.25) is 15.0 Å². The zero-order valence-corrected chi connectivity index (χ0v) is 11.7. The van der Waals surface area contributed by atoms with Crippen LogP contribution in [-0.2, 0) is 11.2 Å². The molecule has 2 rings (SSSR count). The fraction of sp³-hybridized carbons (Fsp3) is 0.0625. The lowest BCUT2D eigenvalue weighted by molar-refractivity contribution is -0.136. The molecule has 0 aromatic heterocycles. The molecule has 0 saturated heterocycles. The molecule has 0 bridgehead atoms. The Bertz CT molecular complexity index is 741. The first-order chi connectivity index (χ1) is 10.5. The average molecular weight is 297 g/mol. The van der Waals surface area contributed by atoms with Crippen molar-refractivity contribution in [3.8, 4) is 0 Å². The molecule has 2 aromatic rings. The van der Waals surface area contributed by atoms with Crippen LogP contribution in [0.5, 0.6) is 0 Å². The number of carboxylic acid groups (broad SMARTS) is 1. The molecular formula is C16H15N3O3. The number of nitrogens with one attached hydrogen (secondary N) is 2. The minimum atomic E-state index is -0.933. The molecule has 2 aromatic carbocycles. The Morgan fingerprint density at radius 3 is 2.45 bits per heavy atom. The molecule has 6 nitrogen and oxygen atoms in total. The van der Waals surface area contributed by atoms with Crippen molar-refractivity contribution < 1.29 is 14.7 Å². The molecule has 5 N–H and O–H groups in total. The fourth-order valence-corrected chi connectivity index (χ4v) is 1.96. The van der Waals surface area contributed by atoms with Gasteiger partial charge in [0.25, 0.3) is 5.91 Å². The van der Waals surface area contributed by atoms with E-state index in [9.17, 15) is 9.59 Å². The van der Waals surface area contributed by atoms with Crippen molar-refractivity contribution >= 4 is 23.4 Å². The van der Waals surface area contributed by atoms with Gasteiger partial charge in [-0.1, -0.05) is 24.3 Å². The van der Waals surface area contributed by atoms with Crippen LogP contribution in [0.25, 0.3) is 0 Å². The van der Waals surface area contributed by atoms with Gasteiger partial charge in [-0.15, -0.1) is 0 Å². The Morgan fingerprint density at radius 2 is 1.77 bits per heavy atom. The molecule has 0 spiro atoms. The van der Waals surface area contributed by atoms with Gasteiger partial charge in [0, 0.05) is 16.8 Å². The number of hydrogen-bond donors (Lipinski definition) is 4. The van der Waals surface area contributed by atoms with Gasteiger partial charge in [-0.25, -0.2) is 0 Å². The largest absolute Gasteiger partial charge is 0.481 e. The maximum atomic E-state index is 12.2. The highest BCUT2D eigenvalue weighted by atomic mass is 16.4. The van der Waals surface area contributed by atoms with Crippen LogP contribution in [0.1, 0.15) is 21.5 Å². The lowest BCUT2D eigenvalue weighted by Crippen LogP contribution is -2.15. The summed E-state index contributed by atoms with van der Waals surface area (Å²) in [6.07, 6.45) is -0.108. The summed E-state index contributed by atoms with van der Waals surface area (Å²) in [6.45, 7) is 0. The van der Waals surface area contributed by atoms with E-state index in [1.54, 1.807) is 42.5 Å². The van der Waals surface area contributed by atoms with E-state index in [2.05, 4.69) is 5.32 Å². The van der Waals surface area contributed by atoms with Crippen LogP contribution in [0.3, 0.4) is 0 Å². The molecule has 0 radical (unpaired) electrons. The first-order valence-electron chi connectivity index (χ1n) is 6.52. The number of aliphatic carboxylic acids is 1. The van der Waals surface area contributed by atoms with Crippen molar-refractivity contribution in [2.45, 2.75) is 6.42 Å². The molecule has 112 valence electrons. The number of nitrogen functional groups attached to an aromatic ring is 1. The number of benzene rings is 2. The van der Waals surface area contributed by atoms with Gasteiger partial charge < -0.3 is 16.2 Å². The van der Waals surface area contributed by atoms with Gasteiger partial charge in [-0.05, 0) is 29.8 Å². The minimum absolute atomic E-state index is 0.108. The standard InChI is InChI=1S/C16H15N3O3/c17-15(18)11-4-2-5-12(9-11)16(22)19-13-6-1-3-10(7-13)8-14(20)21/h1-7,9H,8H2,(H3,17,18)(H,19,22)(H,20,21). The molecule has 0 heterocycles. The third kappa shape index (κ3) is 3.92. The second kappa shape index (κ2) is 6.53. The zero-order valence-electron chi connectivity index (χ0n) is 11.7. The number of carboxylic acids is 1. The van der Waals surface area contributed by atoms with Crippen LogP contribution < -0.4 is 11.1 Å². The number of carbonyl (C=O) groups excluding carboxylic acids is 1. The zero-order chi connectivity index (χ0) is 16.1. The van der Waals surface area contributed by atoms with E-state index in [1.165, 1.54) is 6.07 Å². The summed E-state index contributed by atoms with van der Waals surface area (Å²) in [7, 11) is 0. The monoisotopic (exact) mass is 297 g/mol. The fourth-order valence-electron chi connectivity index (χ4n) is 1.96. The lowest BCUT2D eigenvalue weighted by atomic mass is 10.1. The Labute approximate surface area is 127 Å². The van der Waals surface area contributed by atoms with Crippen LogP contribution in [0.15, 0.2) is 48.5 Å². The molecule has 6 heteroatoms. The highest BCUT2D eigenvalue weighted by Crippen LogP contribution is 2.13. The number of amides is 1. The number of anilines is 1. The van der Waals surface area contributed by atoms with Crippen LogP contribution in [0.4, 0.5) is 5.69 Å².